The number of rotatable bonds is 6. The number of hydrogen-bond donors (Lipinski definition) is 1. The lowest BCUT2D eigenvalue weighted by molar-refractivity contribution is -0.671. The number of allylic oxidation sites excluding steroid dienone is 3. The van der Waals surface area contributed by atoms with Crippen LogP contribution in [0.4, 0.5) is 11.4 Å². The van der Waals surface area contributed by atoms with Crippen LogP contribution in [0.15, 0.2) is 70.4 Å². The van der Waals surface area contributed by atoms with Gasteiger partial charge in [-0.25, -0.2) is 14.1 Å². The molecule has 0 saturated heterocycles. The first-order valence-corrected chi connectivity index (χ1v) is 9.60. The van der Waals surface area contributed by atoms with Gasteiger partial charge in [-0.05, 0) is 44.2 Å². The number of halogens is 1. The SMILES string of the molecule is CCN(CCn1cc[n+](C)c1)c1ccc(/N=C2\C=C(C)C(=O)C(Cl)=C2N)cc1. The molecule has 0 amide bonds. The zero-order valence-corrected chi connectivity index (χ0v) is 17.1. The number of nitrogens with two attached hydrogens (primary N) is 1. The van der Waals surface area contributed by atoms with Crippen molar-refractivity contribution in [2.24, 2.45) is 17.8 Å². The summed E-state index contributed by atoms with van der Waals surface area (Å²) >= 11 is 6.02. The summed E-state index contributed by atoms with van der Waals surface area (Å²) in [5.74, 6) is -0.247. The highest BCUT2D eigenvalue weighted by molar-refractivity contribution is 6.49. The molecule has 1 aromatic carbocycles. The Morgan fingerprint density at radius 1 is 1.29 bits per heavy atom. The van der Waals surface area contributed by atoms with Gasteiger partial charge in [0.05, 0.1) is 30.7 Å². The summed E-state index contributed by atoms with van der Waals surface area (Å²) in [5.41, 5.74) is 9.12. The molecule has 1 heterocycles. The van der Waals surface area contributed by atoms with Gasteiger partial charge in [-0.15, -0.1) is 0 Å². The van der Waals surface area contributed by atoms with Crippen LogP contribution in [-0.4, -0.2) is 29.2 Å². The van der Waals surface area contributed by atoms with Crippen molar-refractivity contribution in [3.05, 3.63) is 65.4 Å². The van der Waals surface area contributed by atoms with Gasteiger partial charge in [-0.3, -0.25) is 4.79 Å². The first-order chi connectivity index (χ1) is 13.4. The van der Waals surface area contributed by atoms with Crippen molar-refractivity contribution < 1.29 is 9.36 Å². The Hall–Kier alpha value is -2.86. The summed E-state index contributed by atoms with van der Waals surface area (Å²) in [5, 5.41) is 0.0333. The predicted molar refractivity (Wildman–Crippen MR) is 113 cm³/mol. The molecule has 0 atom stereocenters. The highest BCUT2D eigenvalue weighted by Crippen LogP contribution is 2.24. The Labute approximate surface area is 170 Å². The molecule has 0 bridgehead atoms. The van der Waals surface area contributed by atoms with Crippen LogP contribution < -0.4 is 15.2 Å². The van der Waals surface area contributed by atoms with Gasteiger partial charge < -0.3 is 10.6 Å². The largest absolute Gasteiger partial charge is 0.396 e. The Bertz CT molecular complexity index is 969. The van der Waals surface area contributed by atoms with E-state index in [-0.39, 0.29) is 16.5 Å². The Kier molecular flexibility index (Phi) is 5.99. The van der Waals surface area contributed by atoms with E-state index in [1.807, 2.05) is 42.1 Å². The molecule has 0 saturated carbocycles. The van der Waals surface area contributed by atoms with Gasteiger partial charge in [0.1, 0.15) is 24.0 Å². The summed E-state index contributed by atoms with van der Waals surface area (Å²) < 4.78 is 4.20. The first-order valence-electron chi connectivity index (χ1n) is 9.22. The van der Waals surface area contributed by atoms with Crippen LogP contribution >= 0.6 is 11.6 Å². The fourth-order valence-electron chi connectivity index (χ4n) is 3.07. The van der Waals surface area contributed by atoms with E-state index in [1.165, 1.54) is 0 Å². The average Bonchev–Trinajstić information content (AvgIpc) is 3.11. The van der Waals surface area contributed by atoms with E-state index in [4.69, 9.17) is 17.3 Å². The zero-order chi connectivity index (χ0) is 20.3. The van der Waals surface area contributed by atoms with E-state index in [0.717, 1.165) is 31.0 Å². The molecule has 2 aromatic rings. The molecule has 0 unspecified atom stereocenters. The number of carbonyl (C=O) groups is 1. The summed E-state index contributed by atoms with van der Waals surface area (Å²) in [7, 11) is 2.02. The van der Waals surface area contributed by atoms with Gasteiger partial charge in [0, 0.05) is 17.8 Å². The summed E-state index contributed by atoms with van der Waals surface area (Å²) in [6.45, 7) is 6.59. The third kappa shape index (κ3) is 4.34. The lowest BCUT2D eigenvalue weighted by Gasteiger charge is -2.22. The van der Waals surface area contributed by atoms with Gasteiger partial charge in [0.25, 0.3) is 0 Å². The molecule has 146 valence electrons. The molecule has 1 aliphatic rings. The maximum atomic E-state index is 11.8. The molecular weight excluding hydrogens is 374 g/mol. The fraction of sp³-hybridized carbons (Fsp3) is 0.286. The number of imidazole rings is 1. The molecule has 3 rings (SSSR count). The third-order valence-corrected chi connectivity index (χ3v) is 5.10. The summed E-state index contributed by atoms with van der Waals surface area (Å²) in [4.78, 5) is 18.7. The van der Waals surface area contributed by atoms with Crippen LogP contribution in [0.3, 0.4) is 0 Å². The van der Waals surface area contributed by atoms with Crippen molar-refractivity contribution in [3.8, 4) is 0 Å². The number of benzene rings is 1. The molecule has 0 radical (unpaired) electrons. The predicted octanol–water partition coefficient (Wildman–Crippen LogP) is 2.85. The second-order valence-corrected chi connectivity index (χ2v) is 7.17. The van der Waals surface area contributed by atoms with Gasteiger partial charge in [0.2, 0.25) is 12.1 Å². The van der Waals surface area contributed by atoms with E-state index in [1.54, 1.807) is 13.0 Å². The number of aryl methyl sites for hydroxylation is 1. The summed E-state index contributed by atoms with van der Waals surface area (Å²) in [6.07, 6.45) is 7.85. The van der Waals surface area contributed by atoms with E-state index in [9.17, 15) is 4.79 Å². The normalized spacial score (nSPS) is 15.9. The number of carbonyl (C=O) groups excluding carboxylic acids is 1. The van der Waals surface area contributed by atoms with Crippen LogP contribution in [0.5, 0.6) is 0 Å². The quantitative estimate of drug-likeness (QED) is 0.601. The molecule has 0 fully saturated rings. The maximum absolute atomic E-state index is 11.8. The van der Waals surface area contributed by atoms with Crippen molar-refractivity contribution in [3.63, 3.8) is 0 Å². The fourth-order valence-corrected chi connectivity index (χ4v) is 3.31. The van der Waals surface area contributed by atoms with Crippen molar-refractivity contribution in [1.82, 2.24) is 4.57 Å². The number of Topliss-reactive ketones (excluding diaryl/α,β-unsaturated/α-hetero) is 1. The molecule has 1 aromatic heterocycles. The van der Waals surface area contributed by atoms with Gasteiger partial charge in [-0.1, -0.05) is 11.6 Å². The second kappa shape index (κ2) is 8.44. The maximum Gasteiger partial charge on any atom is 0.243 e. The molecule has 28 heavy (non-hydrogen) atoms. The molecule has 6 nitrogen and oxygen atoms in total. The minimum atomic E-state index is -0.247. The standard InChI is InChI=1S/C21H24ClN5O/c1-4-27(12-11-26-10-9-25(3)14-26)17-7-5-16(6-8-17)24-18-13-15(2)21(28)19(22)20(18)23/h5-10,13-14H,4,11-12H2,1-3H3,(H-,23,28)/p+1/b24-18+. The minimum Gasteiger partial charge on any atom is -0.396 e. The molecule has 0 aliphatic heterocycles. The Balaban J connectivity index is 1.74. The van der Waals surface area contributed by atoms with Crippen LogP contribution in [-0.2, 0) is 18.4 Å². The first kappa shape index (κ1) is 19.9. The number of aliphatic imine (C=N–C) groups is 1. The lowest BCUT2D eigenvalue weighted by atomic mass is 10.0. The number of aromatic nitrogens is 2. The number of anilines is 1. The van der Waals surface area contributed by atoms with Gasteiger partial charge >= 0.3 is 0 Å². The molecular formula is C21H25ClN5O+. The van der Waals surface area contributed by atoms with Crippen molar-refractivity contribution in [1.29, 1.82) is 0 Å². The molecule has 7 heteroatoms. The highest BCUT2D eigenvalue weighted by atomic mass is 35.5. The third-order valence-electron chi connectivity index (χ3n) is 4.72. The van der Waals surface area contributed by atoms with Crippen LogP contribution in [0.2, 0.25) is 0 Å². The van der Waals surface area contributed by atoms with Crippen molar-refractivity contribution >= 4 is 34.5 Å². The van der Waals surface area contributed by atoms with Crippen LogP contribution in [0.25, 0.3) is 0 Å². The van der Waals surface area contributed by atoms with E-state index in [0.29, 0.717) is 11.3 Å². The topological polar surface area (TPSA) is 67.5 Å². The van der Waals surface area contributed by atoms with E-state index < -0.39 is 0 Å². The zero-order valence-electron chi connectivity index (χ0n) is 16.4. The second-order valence-electron chi connectivity index (χ2n) is 6.79. The smallest absolute Gasteiger partial charge is 0.243 e. The average molecular weight is 399 g/mol. The monoisotopic (exact) mass is 398 g/mol. The lowest BCUT2D eigenvalue weighted by Crippen LogP contribution is -2.28. The van der Waals surface area contributed by atoms with E-state index >= 15 is 0 Å². The van der Waals surface area contributed by atoms with Crippen molar-refractivity contribution in [2.45, 2.75) is 20.4 Å². The molecule has 0 spiro atoms. The molecule has 1 aliphatic carbocycles. The van der Waals surface area contributed by atoms with Gasteiger partial charge in [0.15, 0.2) is 0 Å². The van der Waals surface area contributed by atoms with Crippen molar-refractivity contribution in [2.75, 3.05) is 18.0 Å². The van der Waals surface area contributed by atoms with Crippen LogP contribution in [0.1, 0.15) is 13.8 Å². The number of likely N-dealkylation sites (N-methyl/N-ethyl adjacent to an activating group) is 1. The number of ketones is 1. The summed E-state index contributed by atoms with van der Waals surface area (Å²) in [6, 6.07) is 7.98. The van der Waals surface area contributed by atoms with E-state index in [2.05, 4.69) is 33.9 Å². The van der Waals surface area contributed by atoms with Crippen LogP contribution in [0, 0.1) is 0 Å². The Morgan fingerprint density at radius 2 is 2.00 bits per heavy atom. The van der Waals surface area contributed by atoms with Gasteiger partial charge in [-0.2, -0.15) is 0 Å². The Morgan fingerprint density at radius 3 is 2.61 bits per heavy atom. The number of nitrogens with zero attached hydrogens (tertiary/aromatic N) is 4. The minimum absolute atomic E-state index is 0.0333. The molecule has 2 N–H and O–H groups in total. The number of hydrogen-bond acceptors (Lipinski definition) is 4. The highest BCUT2D eigenvalue weighted by Gasteiger charge is 2.21.